The maximum atomic E-state index is 13.0. The minimum Gasteiger partial charge on any atom is -0.454 e. The summed E-state index contributed by atoms with van der Waals surface area (Å²) in [6.45, 7) is -0.487. The summed E-state index contributed by atoms with van der Waals surface area (Å²) in [5.74, 6) is -1.91. The third kappa shape index (κ3) is 6.27. The molecule has 6 nitrogen and oxygen atoms in total. The fourth-order valence-corrected chi connectivity index (χ4v) is 3.54. The number of benzene rings is 3. The van der Waals surface area contributed by atoms with Gasteiger partial charge in [0.25, 0.3) is 0 Å². The van der Waals surface area contributed by atoms with Crippen LogP contribution in [0.5, 0.6) is 0 Å². The molecule has 0 aliphatic rings. The predicted molar refractivity (Wildman–Crippen MR) is 118 cm³/mol. The molecule has 0 bridgehead atoms. The quantitative estimate of drug-likeness (QED) is 0.310. The number of esters is 1. The highest BCUT2D eigenvalue weighted by atomic mass is 32.2. The standard InChI is InChI=1S/C24H17FN2O4S/c25-18-10-8-17(9-11-18)21(28)14-31-24(30)20-6-1-2-7-22(20)32-15-23(29)27-19-5-3-4-16(12-19)13-26/h1-12H,14-15H2,(H,27,29). The number of nitrogens with zero attached hydrogens (tertiary/aromatic N) is 1. The molecule has 3 aromatic rings. The Morgan fingerprint density at radius 1 is 1.00 bits per heavy atom. The van der Waals surface area contributed by atoms with Crippen LogP contribution in [0, 0.1) is 17.1 Å². The van der Waals surface area contributed by atoms with E-state index in [1.807, 2.05) is 6.07 Å². The molecule has 0 unspecified atom stereocenters. The lowest BCUT2D eigenvalue weighted by atomic mass is 10.1. The summed E-state index contributed by atoms with van der Waals surface area (Å²) in [6.07, 6.45) is 0. The number of hydrogen-bond acceptors (Lipinski definition) is 6. The number of anilines is 1. The van der Waals surface area contributed by atoms with E-state index < -0.39 is 24.2 Å². The maximum absolute atomic E-state index is 13.0. The molecule has 1 N–H and O–H groups in total. The Balaban J connectivity index is 1.58. The summed E-state index contributed by atoms with van der Waals surface area (Å²) in [4.78, 5) is 37.4. The molecule has 0 heterocycles. The second-order valence-corrected chi connectivity index (χ2v) is 7.55. The van der Waals surface area contributed by atoms with Crippen molar-refractivity contribution in [3.63, 3.8) is 0 Å². The first-order valence-corrected chi connectivity index (χ1v) is 10.4. The zero-order valence-corrected chi connectivity index (χ0v) is 17.5. The molecule has 160 valence electrons. The zero-order valence-electron chi connectivity index (χ0n) is 16.7. The predicted octanol–water partition coefficient (Wildman–Crippen LogP) is 4.47. The lowest BCUT2D eigenvalue weighted by Gasteiger charge is -2.10. The number of hydrogen-bond donors (Lipinski definition) is 1. The number of carbonyl (C=O) groups excluding carboxylic acids is 3. The smallest absolute Gasteiger partial charge is 0.339 e. The van der Waals surface area contributed by atoms with Crippen LogP contribution in [0.3, 0.4) is 0 Å². The van der Waals surface area contributed by atoms with Gasteiger partial charge in [0.1, 0.15) is 5.82 Å². The summed E-state index contributed by atoms with van der Waals surface area (Å²) in [7, 11) is 0. The van der Waals surface area contributed by atoms with Gasteiger partial charge in [-0.25, -0.2) is 9.18 Å². The van der Waals surface area contributed by atoms with Gasteiger partial charge in [0.05, 0.1) is 22.9 Å². The van der Waals surface area contributed by atoms with Crippen LogP contribution in [0.2, 0.25) is 0 Å². The van der Waals surface area contributed by atoms with E-state index in [2.05, 4.69) is 5.32 Å². The summed E-state index contributed by atoms with van der Waals surface area (Å²) >= 11 is 1.14. The monoisotopic (exact) mass is 448 g/mol. The van der Waals surface area contributed by atoms with Gasteiger partial charge in [-0.05, 0) is 54.6 Å². The van der Waals surface area contributed by atoms with Crippen LogP contribution in [0.1, 0.15) is 26.3 Å². The Morgan fingerprint density at radius 2 is 1.75 bits per heavy atom. The molecule has 8 heteroatoms. The number of thioether (sulfide) groups is 1. The molecule has 0 fully saturated rings. The van der Waals surface area contributed by atoms with Crippen molar-refractivity contribution >= 4 is 35.1 Å². The number of halogens is 1. The average Bonchev–Trinajstić information content (AvgIpc) is 2.81. The minimum absolute atomic E-state index is 0.0234. The molecule has 0 aliphatic heterocycles. The lowest BCUT2D eigenvalue weighted by molar-refractivity contribution is -0.113. The van der Waals surface area contributed by atoms with Crippen molar-refractivity contribution in [2.45, 2.75) is 4.90 Å². The van der Waals surface area contributed by atoms with Crippen LogP contribution in [0.4, 0.5) is 10.1 Å². The molecular weight excluding hydrogens is 431 g/mol. The van der Waals surface area contributed by atoms with Gasteiger partial charge < -0.3 is 10.1 Å². The number of rotatable bonds is 8. The van der Waals surface area contributed by atoms with E-state index in [0.717, 1.165) is 23.9 Å². The number of nitrogens with one attached hydrogen (secondary N) is 1. The third-order valence-corrected chi connectivity index (χ3v) is 5.32. The summed E-state index contributed by atoms with van der Waals surface area (Å²) < 4.78 is 18.1. The van der Waals surface area contributed by atoms with Crippen LogP contribution in [-0.2, 0) is 9.53 Å². The van der Waals surface area contributed by atoms with Crippen LogP contribution in [0.25, 0.3) is 0 Å². The molecule has 0 saturated heterocycles. The van der Waals surface area contributed by atoms with E-state index in [0.29, 0.717) is 16.1 Å². The first-order chi connectivity index (χ1) is 15.5. The molecular formula is C24H17FN2O4S. The van der Waals surface area contributed by atoms with E-state index in [4.69, 9.17) is 10.00 Å². The molecule has 3 aromatic carbocycles. The SMILES string of the molecule is N#Cc1cccc(NC(=O)CSc2ccccc2C(=O)OCC(=O)c2ccc(F)cc2)c1. The summed E-state index contributed by atoms with van der Waals surface area (Å²) in [5.41, 5.74) is 1.39. The number of ketones is 1. The number of carbonyl (C=O) groups is 3. The molecule has 0 spiro atoms. The first-order valence-electron chi connectivity index (χ1n) is 9.44. The van der Waals surface area contributed by atoms with Crippen molar-refractivity contribution in [2.75, 3.05) is 17.7 Å². The third-order valence-electron chi connectivity index (χ3n) is 4.24. The van der Waals surface area contributed by atoms with Gasteiger partial charge in [0.2, 0.25) is 5.91 Å². The van der Waals surface area contributed by atoms with Crippen LogP contribution >= 0.6 is 11.8 Å². The normalized spacial score (nSPS) is 10.1. The highest BCUT2D eigenvalue weighted by Crippen LogP contribution is 2.24. The zero-order chi connectivity index (χ0) is 22.9. The van der Waals surface area contributed by atoms with Gasteiger partial charge in [-0.2, -0.15) is 5.26 Å². The first kappa shape index (κ1) is 22.7. The summed E-state index contributed by atoms with van der Waals surface area (Å²) in [5, 5.41) is 11.6. The van der Waals surface area contributed by atoms with Crippen molar-refractivity contribution in [1.29, 1.82) is 5.26 Å². The van der Waals surface area contributed by atoms with Crippen molar-refractivity contribution in [1.82, 2.24) is 0 Å². The highest BCUT2D eigenvalue weighted by Gasteiger charge is 2.16. The summed E-state index contributed by atoms with van der Waals surface area (Å²) in [6, 6.07) is 20.1. The second-order valence-electron chi connectivity index (χ2n) is 6.53. The van der Waals surface area contributed by atoms with E-state index >= 15 is 0 Å². The van der Waals surface area contributed by atoms with Crippen LogP contribution in [0.15, 0.2) is 77.7 Å². The Labute approximate surface area is 188 Å². The fourth-order valence-electron chi connectivity index (χ4n) is 2.70. The molecule has 0 saturated carbocycles. The Hall–Kier alpha value is -3.96. The molecule has 0 aromatic heterocycles. The van der Waals surface area contributed by atoms with Gasteiger partial charge >= 0.3 is 5.97 Å². The number of Topliss-reactive ketones (excluding diaryl/α,β-unsaturated/α-hetero) is 1. The molecule has 0 atom stereocenters. The number of nitriles is 1. The lowest BCUT2D eigenvalue weighted by Crippen LogP contribution is -2.16. The molecule has 0 radical (unpaired) electrons. The van der Waals surface area contributed by atoms with Gasteiger partial charge in [0.15, 0.2) is 12.4 Å². The fraction of sp³-hybridized carbons (Fsp3) is 0.0833. The molecule has 1 amide bonds. The van der Waals surface area contributed by atoms with E-state index in [1.54, 1.807) is 48.5 Å². The Bertz CT molecular complexity index is 1190. The largest absolute Gasteiger partial charge is 0.454 e. The van der Waals surface area contributed by atoms with Crippen LogP contribution < -0.4 is 5.32 Å². The van der Waals surface area contributed by atoms with Gasteiger partial charge in [-0.15, -0.1) is 11.8 Å². The highest BCUT2D eigenvalue weighted by molar-refractivity contribution is 8.00. The topological polar surface area (TPSA) is 96.3 Å². The number of amides is 1. The van der Waals surface area contributed by atoms with Gasteiger partial charge in [0, 0.05) is 16.1 Å². The molecule has 3 rings (SSSR count). The van der Waals surface area contributed by atoms with E-state index in [1.165, 1.54) is 12.1 Å². The van der Waals surface area contributed by atoms with Gasteiger partial charge in [-0.1, -0.05) is 18.2 Å². The Morgan fingerprint density at radius 3 is 2.50 bits per heavy atom. The minimum atomic E-state index is -0.703. The average molecular weight is 448 g/mol. The molecule has 0 aliphatic carbocycles. The van der Waals surface area contributed by atoms with E-state index in [9.17, 15) is 18.8 Å². The number of ether oxygens (including phenoxy) is 1. The van der Waals surface area contributed by atoms with E-state index in [-0.39, 0.29) is 22.8 Å². The van der Waals surface area contributed by atoms with Gasteiger partial charge in [-0.3, -0.25) is 9.59 Å². The van der Waals surface area contributed by atoms with Crippen molar-refractivity contribution in [3.05, 3.63) is 95.3 Å². The second kappa shape index (κ2) is 10.9. The van der Waals surface area contributed by atoms with Crippen molar-refractivity contribution < 1.29 is 23.5 Å². The maximum Gasteiger partial charge on any atom is 0.339 e. The van der Waals surface area contributed by atoms with Crippen molar-refractivity contribution in [2.24, 2.45) is 0 Å². The Kier molecular flexibility index (Phi) is 7.73. The van der Waals surface area contributed by atoms with Crippen LogP contribution in [-0.4, -0.2) is 30.0 Å². The molecule has 32 heavy (non-hydrogen) atoms. The van der Waals surface area contributed by atoms with Crippen molar-refractivity contribution in [3.8, 4) is 6.07 Å².